The van der Waals surface area contributed by atoms with Crippen molar-refractivity contribution < 1.29 is 4.79 Å². The van der Waals surface area contributed by atoms with Crippen molar-refractivity contribution in [2.75, 3.05) is 18.9 Å². The molecule has 1 atom stereocenters. The number of nitrogens with zero attached hydrogens (tertiary/aromatic N) is 3. The Kier molecular flexibility index (Phi) is 4.01. The monoisotopic (exact) mass is 250 g/mol. The van der Waals surface area contributed by atoms with Crippen molar-refractivity contribution in [2.45, 2.75) is 38.6 Å². The van der Waals surface area contributed by atoms with E-state index >= 15 is 0 Å². The molecular weight excluding hydrogens is 228 g/mol. The topological polar surface area (TPSA) is 50.2 Å². The summed E-state index contributed by atoms with van der Waals surface area (Å²) in [6.07, 6.45) is 5.93. The van der Waals surface area contributed by atoms with Crippen LogP contribution in [0, 0.1) is 6.92 Å². The lowest BCUT2D eigenvalue weighted by Crippen LogP contribution is -2.38. The third-order valence-corrected chi connectivity index (χ3v) is 3.72. The fourth-order valence-electron chi connectivity index (χ4n) is 2.53. The summed E-state index contributed by atoms with van der Waals surface area (Å²) in [5.41, 5.74) is 1.00. The van der Waals surface area contributed by atoms with Crippen molar-refractivity contribution in [3.63, 3.8) is 0 Å². The van der Waals surface area contributed by atoms with Gasteiger partial charge in [0.25, 0.3) is 0 Å². The van der Waals surface area contributed by atoms with Crippen LogP contribution >= 0.6 is 0 Å². The number of nitrogens with one attached hydrogen (secondary N) is 1. The SMILES string of the molecule is Cc1cnn(C)c1NC(=O)C[C@H]1CCCCN1C. The van der Waals surface area contributed by atoms with Gasteiger partial charge in [0.1, 0.15) is 5.82 Å². The van der Waals surface area contributed by atoms with Gasteiger partial charge in [-0.2, -0.15) is 5.10 Å². The molecule has 1 amide bonds. The number of amides is 1. The van der Waals surface area contributed by atoms with Crippen LogP contribution < -0.4 is 5.32 Å². The van der Waals surface area contributed by atoms with E-state index in [-0.39, 0.29) is 5.91 Å². The number of carbonyl (C=O) groups excluding carboxylic acids is 1. The fraction of sp³-hybridized carbons (Fsp3) is 0.692. The molecule has 0 bridgehead atoms. The molecule has 1 aromatic rings. The summed E-state index contributed by atoms with van der Waals surface area (Å²) in [6, 6.07) is 0.382. The molecule has 2 heterocycles. The molecule has 1 aliphatic heterocycles. The molecule has 1 saturated heterocycles. The van der Waals surface area contributed by atoms with E-state index in [1.807, 2.05) is 14.0 Å². The second-order valence-corrected chi connectivity index (χ2v) is 5.18. The van der Waals surface area contributed by atoms with E-state index < -0.39 is 0 Å². The molecule has 5 nitrogen and oxygen atoms in total. The Hall–Kier alpha value is -1.36. The molecule has 1 fully saturated rings. The van der Waals surface area contributed by atoms with E-state index in [1.54, 1.807) is 10.9 Å². The molecule has 0 aliphatic carbocycles. The van der Waals surface area contributed by atoms with Crippen LogP contribution in [-0.2, 0) is 11.8 Å². The molecule has 1 aromatic heterocycles. The Labute approximate surface area is 108 Å². The maximum atomic E-state index is 12.0. The van der Waals surface area contributed by atoms with E-state index in [1.165, 1.54) is 12.8 Å². The molecule has 0 aromatic carbocycles. The van der Waals surface area contributed by atoms with Gasteiger partial charge in [0.2, 0.25) is 5.91 Å². The lowest BCUT2D eigenvalue weighted by Gasteiger charge is -2.31. The van der Waals surface area contributed by atoms with Crippen LogP contribution in [0.1, 0.15) is 31.2 Å². The third-order valence-electron chi connectivity index (χ3n) is 3.72. The van der Waals surface area contributed by atoms with Gasteiger partial charge >= 0.3 is 0 Å². The quantitative estimate of drug-likeness (QED) is 0.885. The summed E-state index contributed by atoms with van der Waals surface area (Å²) < 4.78 is 1.71. The van der Waals surface area contributed by atoms with Gasteiger partial charge in [-0.3, -0.25) is 9.48 Å². The zero-order valence-electron chi connectivity index (χ0n) is 11.4. The Morgan fingerprint density at radius 3 is 2.89 bits per heavy atom. The highest BCUT2D eigenvalue weighted by molar-refractivity contribution is 5.90. The summed E-state index contributed by atoms with van der Waals surface area (Å²) in [4.78, 5) is 14.3. The largest absolute Gasteiger partial charge is 0.311 e. The maximum absolute atomic E-state index is 12.0. The lowest BCUT2D eigenvalue weighted by atomic mass is 10.00. The minimum Gasteiger partial charge on any atom is -0.311 e. The summed E-state index contributed by atoms with van der Waals surface area (Å²) in [6.45, 7) is 3.05. The second-order valence-electron chi connectivity index (χ2n) is 5.18. The molecule has 0 unspecified atom stereocenters. The van der Waals surface area contributed by atoms with Crippen molar-refractivity contribution in [2.24, 2.45) is 7.05 Å². The highest BCUT2D eigenvalue weighted by Crippen LogP contribution is 2.19. The normalized spacial score (nSPS) is 20.9. The molecule has 0 radical (unpaired) electrons. The maximum Gasteiger partial charge on any atom is 0.227 e. The van der Waals surface area contributed by atoms with Crippen LogP contribution in [0.3, 0.4) is 0 Å². The number of rotatable bonds is 3. The van der Waals surface area contributed by atoms with Crippen LogP contribution in [0.2, 0.25) is 0 Å². The van der Waals surface area contributed by atoms with Gasteiger partial charge in [-0.25, -0.2) is 0 Å². The lowest BCUT2D eigenvalue weighted by molar-refractivity contribution is -0.117. The van der Waals surface area contributed by atoms with Crippen molar-refractivity contribution in [3.8, 4) is 0 Å². The van der Waals surface area contributed by atoms with Gasteiger partial charge in [-0.05, 0) is 33.4 Å². The van der Waals surface area contributed by atoms with Crippen molar-refractivity contribution in [3.05, 3.63) is 11.8 Å². The van der Waals surface area contributed by atoms with E-state index in [9.17, 15) is 4.79 Å². The highest BCUT2D eigenvalue weighted by Gasteiger charge is 2.22. The number of hydrogen-bond acceptors (Lipinski definition) is 3. The first-order chi connectivity index (χ1) is 8.58. The van der Waals surface area contributed by atoms with Gasteiger partial charge < -0.3 is 10.2 Å². The predicted octanol–water partition coefficient (Wildman–Crippen LogP) is 1.54. The summed E-state index contributed by atoms with van der Waals surface area (Å²) in [5.74, 6) is 0.888. The van der Waals surface area contributed by atoms with Gasteiger partial charge in [0.15, 0.2) is 0 Å². The Morgan fingerprint density at radius 1 is 1.50 bits per heavy atom. The van der Waals surface area contributed by atoms with E-state index in [0.29, 0.717) is 12.5 Å². The average Bonchev–Trinajstić information content (AvgIpc) is 2.64. The van der Waals surface area contributed by atoms with Gasteiger partial charge in [-0.15, -0.1) is 0 Å². The number of hydrogen-bond donors (Lipinski definition) is 1. The smallest absolute Gasteiger partial charge is 0.227 e. The molecule has 18 heavy (non-hydrogen) atoms. The number of piperidine rings is 1. The second kappa shape index (κ2) is 5.52. The highest BCUT2D eigenvalue weighted by atomic mass is 16.1. The Morgan fingerprint density at radius 2 is 2.28 bits per heavy atom. The first-order valence-electron chi connectivity index (χ1n) is 6.56. The van der Waals surface area contributed by atoms with Crippen molar-refractivity contribution in [1.29, 1.82) is 0 Å². The first-order valence-corrected chi connectivity index (χ1v) is 6.56. The van der Waals surface area contributed by atoms with Crippen LogP contribution in [0.15, 0.2) is 6.20 Å². The first kappa shape index (κ1) is 13.1. The average molecular weight is 250 g/mol. The predicted molar refractivity (Wildman–Crippen MR) is 71.5 cm³/mol. The number of likely N-dealkylation sites (tertiary alicyclic amines) is 1. The van der Waals surface area contributed by atoms with Crippen LogP contribution in [0.25, 0.3) is 0 Å². The van der Waals surface area contributed by atoms with Crippen LogP contribution in [-0.4, -0.2) is 40.2 Å². The number of anilines is 1. The molecule has 100 valence electrons. The van der Waals surface area contributed by atoms with Crippen LogP contribution in [0.4, 0.5) is 5.82 Å². The summed E-state index contributed by atoms with van der Waals surface area (Å²) >= 11 is 0. The molecule has 0 spiro atoms. The number of aromatic nitrogens is 2. The number of carbonyl (C=O) groups is 1. The molecule has 5 heteroatoms. The number of aryl methyl sites for hydroxylation is 2. The minimum atomic E-state index is 0.0837. The van der Waals surface area contributed by atoms with E-state index in [0.717, 1.165) is 24.3 Å². The van der Waals surface area contributed by atoms with E-state index in [4.69, 9.17) is 0 Å². The van der Waals surface area contributed by atoms with Crippen LogP contribution in [0.5, 0.6) is 0 Å². The van der Waals surface area contributed by atoms with Crippen molar-refractivity contribution >= 4 is 11.7 Å². The Balaban J connectivity index is 1.92. The zero-order valence-corrected chi connectivity index (χ0v) is 11.4. The Bertz CT molecular complexity index is 407. The van der Waals surface area contributed by atoms with E-state index in [2.05, 4.69) is 22.4 Å². The molecule has 1 aliphatic rings. The molecule has 2 rings (SSSR count). The molecule has 1 N–H and O–H groups in total. The third kappa shape index (κ3) is 2.90. The standard InChI is InChI=1S/C13H22N4O/c1-10-9-14-17(3)13(10)15-12(18)8-11-6-4-5-7-16(11)2/h9,11H,4-8H2,1-3H3,(H,15,18)/t11-/m1/s1. The van der Waals surface area contributed by atoms with Gasteiger partial charge in [0.05, 0.1) is 6.20 Å². The fourth-order valence-corrected chi connectivity index (χ4v) is 2.53. The van der Waals surface area contributed by atoms with Crippen molar-refractivity contribution in [1.82, 2.24) is 14.7 Å². The molecule has 0 saturated carbocycles. The summed E-state index contributed by atoms with van der Waals surface area (Å²) in [7, 11) is 3.95. The zero-order chi connectivity index (χ0) is 13.1. The van der Waals surface area contributed by atoms with Gasteiger partial charge in [-0.1, -0.05) is 6.42 Å². The van der Waals surface area contributed by atoms with Gasteiger partial charge in [0, 0.05) is 25.1 Å². The minimum absolute atomic E-state index is 0.0837. The molecular formula is C13H22N4O. The summed E-state index contributed by atoms with van der Waals surface area (Å²) in [5, 5.41) is 7.08.